The highest BCUT2D eigenvalue weighted by atomic mass is 31.2. The van der Waals surface area contributed by atoms with Crippen molar-refractivity contribution in [3.8, 4) is 0 Å². The van der Waals surface area contributed by atoms with Crippen LogP contribution in [-0.4, -0.2) is 45.0 Å². The molecular weight excluding hydrogens is 770 g/mol. The number of phosphoric acid groups is 1. The summed E-state index contributed by atoms with van der Waals surface area (Å²) in [5.74, 6) is -0.321. The minimum atomic E-state index is -4.53. The summed E-state index contributed by atoms with van der Waals surface area (Å²) in [5.41, 5.74) is 5.43. The Balaban J connectivity index is 4.83. The second-order valence-corrected chi connectivity index (χ2v) is 19.5. The number of phosphoric ester groups is 1. The average molecular weight is 873 g/mol. The lowest BCUT2D eigenvalue weighted by Crippen LogP contribution is -2.30. The van der Waals surface area contributed by atoms with Crippen LogP contribution in [0.15, 0.2) is 0 Å². The van der Waals surface area contributed by atoms with Crippen LogP contribution in [0.1, 0.15) is 278 Å². The van der Waals surface area contributed by atoms with Gasteiger partial charge in [0.2, 0.25) is 0 Å². The molecule has 0 aromatic rings. The van der Waals surface area contributed by atoms with Gasteiger partial charge in [-0.15, -0.1) is 0 Å². The quantitative estimate of drug-likeness (QED) is 0.0364. The van der Waals surface area contributed by atoms with Gasteiger partial charge >= 0.3 is 5.97 Å². The van der Waals surface area contributed by atoms with E-state index in [1.54, 1.807) is 0 Å². The Morgan fingerprint density at radius 3 is 1.10 bits per heavy atom. The molecule has 0 aliphatic heterocycles. The fourth-order valence-electron chi connectivity index (χ4n) is 8.20. The molecule has 1 unspecified atom stereocenters. The predicted octanol–water partition coefficient (Wildman–Crippen LogP) is 15.7. The summed E-state index contributed by atoms with van der Waals surface area (Å²) in [5, 5.41) is 0. The molecule has 8 nitrogen and oxygen atoms in total. The van der Waals surface area contributed by atoms with Gasteiger partial charge in [0, 0.05) is 13.2 Å². The molecule has 0 heterocycles. The average Bonchev–Trinajstić information content (AvgIpc) is 3.24. The molecule has 60 heavy (non-hydrogen) atoms. The predicted molar refractivity (Wildman–Crippen MR) is 254 cm³/mol. The molecule has 0 aliphatic rings. The highest BCUT2D eigenvalue weighted by Gasteiger charge is 2.23. The summed E-state index contributed by atoms with van der Waals surface area (Å²) in [7, 11) is -4.53. The Bertz CT molecular complexity index is 881. The molecule has 0 spiro atoms. The molecular formula is C51H103NO7P-. The molecule has 9 heteroatoms. The van der Waals surface area contributed by atoms with Crippen molar-refractivity contribution in [3.05, 3.63) is 0 Å². The molecule has 0 aliphatic carbocycles. The van der Waals surface area contributed by atoms with Crippen LogP contribution in [0.25, 0.3) is 0 Å². The van der Waals surface area contributed by atoms with E-state index in [2.05, 4.69) is 20.8 Å². The van der Waals surface area contributed by atoms with Gasteiger partial charge in [0.15, 0.2) is 0 Å². The normalized spacial score (nSPS) is 13.3. The van der Waals surface area contributed by atoms with Crippen molar-refractivity contribution in [1.82, 2.24) is 0 Å². The van der Waals surface area contributed by atoms with Crippen LogP contribution in [0.2, 0.25) is 0 Å². The third kappa shape index (κ3) is 44.1. The van der Waals surface area contributed by atoms with Crippen molar-refractivity contribution in [3.63, 3.8) is 0 Å². The Morgan fingerprint density at radius 2 is 0.767 bits per heavy atom. The summed E-state index contributed by atoms with van der Waals surface area (Å²) in [4.78, 5) is 25.9. The molecule has 0 fully saturated rings. The van der Waals surface area contributed by atoms with E-state index in [9.17, 15) is 14.3 Å². The summed E-state index contributed by atoms with van der Waals surface area (Å²) in [6, 6.07) is 0. The lowest BCUT2D eigenvalue weighted by atomic mass is 9.94. The van der Waals surface area contributed by atoms with E-state index in [4.69, 9.17) is 24.3 Å². The zero-order valence-electron chi connectivity index (χ0n) is 40.4. The molecule has 0 bridgehead atoms. The Labute approximate surface area is 373 Å². The largest absolute Gasteiger partial charge is 0.756 e. The van der Waals surface area contributed by atoms with Gasteiger partial charge in [0.1, 0.15) is 12.7 Å². The Kier molecular flexibility index (Phi) is 47.6. The maximum absolute atomic E-state index is 13.6. The van der Waals surface area contributed by atoms with Crippen LogP contribution in [0.3, 0.4) is 0 Å². The van der Waals surface area contributed by atoms with Gasteiger partial charge in [-0.1, -0.05) is 258 Å². The van der Waals surface area contributed by atoms with Gasteiger partial charge < -0.3 is 29.1 Å². The van der Waals surface area contributed by atoms with Gasteiger partial charge in [-0.05, 0) is 19.3 Å². The van der Waals surface area contributed by atoms with Crippen LogP contribution in [0, 0.1) is 5.92 Å². The molecule has 0 radical (unpaired) electrons. The van der Waals surface area contributed by atoms with Gasteiger partial charge in [0.25, 0.3) is 7.82 Å². The third-order valence-corrected chi connectivity index (χ3v) is 13.2. The highest BCUT2D eigenvalue weighted by molar-refractivity contribution is 7.45. The minimum absolute atomic E-state index is 0.0261. The Morgan fingerprint density at radius 1 is 0.450 bits per heavy atom. The fraction of sp³-hybridized carbons (Fsp3) is 0.980. The molecule has 2 N–H and O–H groups in total. The standard InChI is InChI=1S/C51H104NO7P/c1-4-7-10-13-16-19-22-25-26-29-32-35-38-41-45-56-50(48-59-60(54,55)58-46-44-52)47-57-51(53)49(42-39-36-33-30-27-23-20-17-14-11-8-5-2)43-40-37-34-31-28-24-21-18-15-12-9-6-3/h49-50H,4-48,52H2,1-3H3,(H,54,55)/p-1/t50-/m0/s1. The first-order valence-corrected chi connectivity index (χ1v) is 27.9. The second-order valence-electron chi connectivity index (χ2n) is 18.1. The molecule has 0 rings (SSSR count). The van der Waals surface area contributed by atoms with Crippen LogP contribution in [-0.2, 0) is 27.9 Å². The summed E-state index contributed by atoms with van der Waals surface area (Å²) in [6.07, 6.45) is 49.9. The van der Waals surface area contributed by atoms with E-state index in [-0.39, 0.29) is 38.3 Å². The smallest absolute Gasteiger partial charge is 0.309 e. The lowest BCUT2D eigenvalue weighted by Gasteiger charge is -2.26. The molecule has 360 valence electrons. The highest BCUT2D eigenvalue weighted by Crippen LogP contribution is 2.38. The van der Waals surface area contributed by atoms with Crippen LogP contribution < -0.4 is 10.6 Å². The maximum atomic E-state index is 13.6. The van der Waals surface area contributed by atoms with E-state index in [0.717, 1.165) is 51.4 Å². The topological polar surface area (TPSA) is 120 Å². The summed E-state index contributed by atoms with van der Waals surface area (Å²) < 4.78 is 34.3. The Hall–Kier alpha value is -0.500. The van der Waals surface area contributed by atoms with Gasteiger partial charge in [-0.25, -0.2) is 0 Å². The van der Waals surface area contributed by atoms with E-state index in [0.29, 0.717) is 6.61 Å². The second kappa shape index (κ2) is 48.0. The first-order chi connectivity index (χ1) is 29.4. The monoisotopic (exact) mass is 873 g/mol. The van der Waals surface area contributed by atoms with Crippen molar-refractivity contribution < 1.29 is 32.8 Å². The van der Waals surface area contributed by atoms with Crippen molar-refractivity contribution in [2.45, 2.75) is 284 Å². The number of esters is 1. The summed E-state index contributed by atoms with van der Waals surface area (Å²) in [6.45, 7) is 6.94. The molecule has 2 atom stereocenters. The van der Waals surface area contributed by atoms with Gasteiger partial charge in [-0.2, -0.15) is 0 Å². The number of carbonyl (C=O) groups excluding carboxylic acids is 1. The van der Waals surface area contributed by atoms with Gasteiger partial charge in [0.05, 0.1) is 19.1 Å². The number of unbranched alkanes of at least 4 members (excludes halogenated alkanes) is 35. The van der Waals surface area contributed by atoms with Gasteiger partial charge in [-0.3, -0.25) is 9.36 Å². The van der Waals surface area contributed by atoms with Crippen LogP contribution in [0.4, 0.5) is 0 Å². The van der Waals surface area contributed by atoms with Crippen LogP contribution in [0.5, 0.6) is 0 Å². The lowest BCUT2D eigenvalue weighted by molar-refractivity contribution is -0.228. The SMILES string of the molecule is CCCCCCCCCCCCCCCCO[C@@H](COC(=O)C(CCCCCCCCCCCCCC)CCCCCCCCCCCCCC)COP(=O)([O-])OCCN. The zero-order valence-corrected chi connectivity index (χ0v) is 41.3. The number of hydrogen-bond acceptors (Lipinski definition) is 8. The maximum Gasteiger partial charge on any atom is 0.309 e. The first-order valence-electron chi connectivity index (χ1n) is 26.5. The fourth-order valence-corrected chi connectivity index (χ4v) is 8.96. The number of rotatable bonds is 51. The molecule has 0 saturated carbocycles. The molecule has 0 amide bonds. The van der Waals surface area contributed by atoms with Crippen molar-refractivity contribution >= 4 is 13.8 Å². The van der Waals surface area contributed by atoms with Crippen molar-refractivity contribution in [2.24, 2.45) is 11.7 Å². The summed E-state index contributed by atoms with van der Waals surface area (Å²) >= 11 is 0. The zero-order chi connectivity index (χ0) is 43.9. The number of carbonyl (C=O) groups is 1. The van der Waals surface area contributed by atoms with E-state index >= 15 is 0 Å². The molecule has 0 aromatic carbocycles. The van der Waals surface area contributed by atoms with Crippen LogP contribution >= 0.6 is 7.82 Å². The minimum Gasteiger partial charge on any atom is -0.756 e. The number of nitrogens with two attached hydrogens (primary N) is 1. The van der Waals surface area contributed by atoms with E-state index in [1.807, 2.05) is 0 Å². The van der Waals surface area contributed by atoms with E-state index < -0.39 is 13.9 Å². The van der Waals surface area contributed by atoms with E-state index in [1.165, 1.54) is 205 Å². The molecule has 0 saturated heterocycles. The van der Waals surface area contributed by atoms with Crippen molar-refractivity contribution in [1.29, 1.82) is 0 Å². The molecule has 0 aromatic heterocycles. The van der Waals surface area contributed by atoms with Crippen molar-refractivity contribution in [2.75, 3.05) is 33.0 Å². The number of ether oxygens (including phenoxy) is 2. The number of hydrogen-bond donors (Lipinski definition) is 1. The first kappa shape index (κ1) is 59.5. The third-order valence-electron chi connectivity index (χ3n) is 12.2.